The Morgan fingerprint density at radius 2 is 1.76 bits per heavy atom. The monoisotopic (exact) mass is 447 g/mol. The molecule has 1 aromatic heterocycles. The number of hydrogen-bond donors (Lipinski definition) is 4. The van der Waals surface area contributed by atoms with Crippen molar-refractivity contribution in [2.45, 2.75) is 25.0 Å². The van der Waals surface area contributed by atoms with E-state index in [4.69, 9.17) is 5.73 Å². The van der Waals surface area contributed by atoms with E-state index in [1.54, 1.807) is 18.3 Å². The van der Waals surface area contributed by atoms with Gasteiger partial charge in [0.1, 0.15) is 0 Å². The molecule has 1 atom stereocenters. The van der Waals surface area contributed by atoms with Crippen molar-refractivity contribution in [2.75, 3.05) is 0 Å². The summed E-state index contributed by atoms with van der Waals surface area (Å²) in [7, 11) is 0. The second kappa shape index (κ2) is 9.17. The molecule has 0 spiro atoms. The molecule has 2 aromatic carbocycles. The van der Waals surface area contributed by atoms with E-state index < -0.39 is 23.1 Å². The molecular formula is C24H22FN5O3. The third-order valence-electron chi connectivity index (χ3n) is 5.47. The Kier molecular flexibility index (Phi) is 6.14. The van der Waals surface area contributed by atoms with Gasteiger partial charge in [-0.15, -0.1) is 0 Å². The highest BCUT2D eigenvalue weighted by Crippen LogP contribution is 2.27. The van der Waals surface area contributed by atoms with Crippen LogP contribution in [0.15, 0.2) is 87.6 Å². The highest BCUT2D eigenvalue weighted by atomic mass is 19.1. The molecule has 0 saturated heterocycles. The van der Waals surface area contributed by atoms with Gasteiger partial charge in [-0.3, -0.25) is 15.3 Å². The summed E-state index contributed by atoms with van der Waals surface area (Å²) in [5, 5.41) is 19.8. The van der Waals surface area contributed by atoms with Crippen molar-refractivity contribution in [1.82, 2.24) is 10.3 Å². The Morgan fingerprint density at radius 1 is 1.06 bits per heavy atom. The molecule has 2 heterocycles. The average molecular weight is 447 g/mol. The van der Waals surface area contributed by atoms with Gasteiger partial charge >= 0.3 is 0 Å². The number of carbonyl (C=O) groups excluding carboxylic acids is 1. The zero-order valence-electron chi connectivity index (χ0n) is 17.6. The summed E-state index contributed by atoms with van der Waals surface area (Å²) >= 11 is 0. The maximum Gasteiger partial charge on any atom is 0.269 e. The standard InChI is InChI=1S/C24H22FN5O3/c25-21-18(3-1-5-20(21)31)13-28-23(33)24(26)19(14-29-30-24)12-16-8-6-15(7-9-16)11-17-4-2-10-27-22(17)32/h1-10,14,31H,11-13,26H2,(H,27,32)(H,28,33). The van der Waals surface area contributed by atoms with Crippen molar-refractivity contribution in [3.63, 3.8) is 0 Å². The van der Waals surface area contributed by atoms with Crippen LogP contribution in [0.4, 0.5) is 4.39 Å². The number of phenolic OH excluding ortho intramolecular Hbond substituents is 1. The summed E-state index contributed by atoms with van der Waals surface area (Å²) < 4.78 is 14.0. The number of azo groups is 1. The average Bonchev–Trinajstić information content (AvgIpc) is 3.18. The van der Waals surface area contributed by atoms with E-state index in [1.807, 2.05) is 24.3 Å². The topological polar surface area (TPSA) is 133 Å². The van der Waals surface area contributed by atoms with Crippen molar-refractivity contribution in [2.24, 2.45) is 16.0 Å². The van der Waals surface area contributed by atoms with Gasteiger partial charge in [0, 0.05) is 35.9 Å². The first-order valence-corrected chi connectivity index (χ1v) is 10.3. The summed E-state index contributed by atoms with van der Waals surface area (Å²) in [6, 6.07) is 15.3. The fraction of sp³-hybridized carbons (Fsp3) is 0.167. The Balaban J connectivity index is 1.41. The number of pyridine rings is 1. The van der Waals surface area contributed by atoms with Crippen LogP contribution in [0, 0.1) is 5.82 Å². The molecule has 5 N–H and O–H groups in total. The van der Waals surface area contributed by atoms with E-state index in [0.29, 0.717) is 24.0 Å². The van der Waals surface area contributed by atoms with E-state index in [1.165, 1.54) is 24.4 Å². The van der Waals surface area contributed by atoms with Crippen LogP contribution in [0.5, 0.6) is 5.75 Å². The number of hydrogen-bond acceptors (Lipinski definition) is 6. The number of nitrogens with zero attached hydrogens (tertiary/aromatic N) is 2. The highest BCUT2D eigenvalue weighted by molar-refractivity contribution is 5.89. The Hall–Kier alpha value is -4.11. The van der Waals surface area contributed by atoms with Crippen LogP contribution >= 0.6 is 0 Å². The number of halogens is 1. The van der Waals surface area contributed by atoms with Crippen LogP contribution in [-0.4, -0.2) is 21.7 Å². The Labute approximate surface area is 188 Å². The first-order chi connectivity index (χ1) is 15.9. The smallest absolute Gasteiger partial charge is 0.269 e. The number of benzene rings is 2. The first kappa shape index (κ1) is 22.1. The molecule has 0 fully saturated rings. The molecule has 33 heavy (non-hydrogen) atoms. The molecule has 8 nitrogen and oxygen atoms in total. The number of H-pyrrole nitrogens is 1. The molecular weight excluding hydrogens is 425 g/mol. The lowest BCUT2D eigenvalue weighted by Crippen LogP contribution is -2.53. The van der Waals surface area contributed by atoms with Crippen LogP contribution in [-0.2, 0) is 24.2 Å². The lowest BCUT2D eigenvalue weighted by Gasteiger charge is -2.22. The molecule has 1 aliphatic rings. The summed E-state index contributed by atoms with van der Waals surface area (Å²) in [6.07, 6.45) is 3.88. The number of amides is 1. The van der Waals surface area contributed by atoms with Gasteiger partial charge in [0.05, 0.1) is 6.20 Å². The number of nitrogens with one attached hydrogen (secondary N) is 2. The number of aromatic hydroxyl groups is 1. The van der Waals surface area contributed by atoms with E-state index in [0.717, 1.165) is 11.1 Å². The van der Waals surface area contributed by atoms with E-state index in [-0.39, 0.29) is 17.7 Å². The summed E-state index contributed by atoms with van der Waals surface area (Å²) in [4.78, 5) is 27.3. The van der Waals surface area contributed by atoms with Crippen LogP contribution in [0.3, 0.4) is 0 Å². The largest absolute Gasteiger partial charge is 0.505 e. The van der Waals surface area contributed by atoms with Crippen molar-refractivity contribution < 1.29 is 14.3 Å². The lowest BCUT2D eigenvalue weighted by atomic mass is 9.93. The molecule has 168 valence electrons. The summed E-state index contributed by atoms with van der Waals surface area (Å²) in [6.45, 7) is -0.159. The Morgan fingerprint density at radius 3 is 2.48 bits per heavy atom. The van der Waals surface area contributed by atoms with Gasteiger partial charge < -0.3 is 15.4 Å². The molecule has 0 saturated carbocycles. The lowest BCUT2D eigenvalue weighted by molar-refractivity contribution is -0.125. The SMILES string of the molecule is NC1(C(=O)NCc2cccc(O)c2F)N=NC=C1Cc1ccc(Cc2ccc[nH]c2=O)cc1. The molecule has 0 radical (unpaired) electrons. The van der Waals surface area contributed by atoms with Crippen molar-refractivity contribution >= 4 is 5.91 Å². The third-order valence-corrected chi connectivity index (χ3v) is 5.47. The normalized spacial score (nSPS) is 17.1. The zero-order valence-corrected chi connectivity index (χ0v) is 17.6. The van der Waals surface area contributed by atoms with Gasteiger partial charge in [-0.1, -0.05) is 42.5 Å². The third kappa shape index (κ3) is 4.73. The zero-order chi connectivity index (χ0) is 23.4. The van der Waals surface area contributed by atoms with Crippen LogP contribution in [0.2, 0.25) is 0 Å². The molecule has 4 rings (SSSR count). The number of rotatable bonds is 7. The van der Waals surface area contributed by atoms with Gasteiger partial charge in [-0.25, -0.2) is 4.39 Å². The predicted octanol–water partition coefficient (Wildman–Crippen LogP) is 2.67. The molecule has 3 aromatic rings. The Bertz CT molecular complexity index is 1300. The predicted molar refractivity (Wildman–Crippen MR) is 120 cm³/mol. The fourth-order valence-electron chi connectivity index (χ4n) is 3.55. The minimum atomic E-state index is -1.71. The molecule has 1 unspecified atom stereocenters. The number of nitrogens with two attached hydrogens (primary N) is 1. The molecule has 1 amide bonds. The van der Waals surface area contributed by atoms with Gasteiger partial charge in [-0.2, -0.15) is 10.2 Å². The quantitative estimate of drug-likeness (QED) is 0.443. The molecule has 9 heteroatoms. The number of phenols is 1. The summed E-state index contributed by atoms with van der Waals surface area (Å²) in [5.74, 6) is -1.92. The molecule has 0 aliphatic carbocycles. The maximum absolute atomic E-state index is 14.0. The first-order valence-electron chi connectivity index (χ1n) is 10.3. The number of carbonyl (C=O) groups is 1. The highest BCUT2D eigenvalue weighted by Gasteiger charge is 2.41. The van der Waals surface area contributed by atoms with Gasteiger partial charge in [0.15, 0.2) is 11.6 Å². The maximum atomic E-state index is 14.0. The van der Waals surface area contributed by atoms with E-state index in [9.17, 15) is 19.1 Å². The van der Waals surface area contributed by atoms with Gasteiger partial charge in [0.2, 0.25) is 5.66 Å². The molecule has 0 bridgehead atoms. The summed E-state index contributed by atoms with van der Waals surface area (Å²) in [5.41, 5.74) is 7.57. The second-order valence-electron chi connectivity index (χ2n) is 7.76. The van der Waals surface area contributed by atoms with Crippen molar-refractivity contribution in [3.8, 4) is 5.75 Å². The van der Waals surface area contributed by atoms with Gasteiger partial charge in [-0.05, 0) is 29.7 Å². The van der Waals surface area contributed by atoms with Crippen molar-refractivity contribution in [1.29, 1.82) is 0 Å². The van der Waals surface area contributed by atoms with E-state index >= 15 is 0 Å². The van der Waals surface area contributed by atoms with E-state index in [2.05, 4.69) is 20.5 Å². The van der Waals surface area contributed by atoms with Gasteiger partial charge in [0.25, 0.3) is 11.5 Å². The van der Waals surface area contributed by atoms with Crippen LogP contribution in [0.1, 0.15) is 22.3 Å². The van der Waals surface area contributed by atoms with Crippen LogP contribution in [0.25, 0.3) is 0 Å². The van der Waals surface area contributed by atoms with Crippen molar-refractivity contribution in [3.05, 3.63) is 111 Å². The minimum Gasteiger partial charge on any atom is -0.505 e. The van der Waals surface area contributed by atoms with Crippen LogP contribution < -0.4 is 16.6 Å². The second-order valence-corrected chi connectivity index (χ2v) is 7.76. The number of aromatic nitrogens is 1. The molecule has 1 aliphatic heterocycles. The fourth-order valence-corrected chi connectivity index (χ4v) is 3.55. The number of aromatic amines is 1. The minimum absolute atomic E-state index is 0.120.